The first-order valence-corrected chi connectivity index (χ1v) is 8.65. The molecule has 0 amide bonds. The number of carbonyl (C=O) groups excluding carboxylic acids is 1. The van der Waals surface area contributed by atoms with Crippen LogP contribution in [0.25, 0.3) is 5.65 Å². The number of carbonyl (C=O) groups is 1. The van der Waals surface area contributed by atoms with E-state index < -0.39 is 5.97 Å². The zero-order chi connectivity index (χ0) is 18.1. The van der Waals surface area contributed by atoms with Crippen LogP contribution in [-0.4, -0.2) is 38.7 Å². The number of rotatable bonds is 4. The van der Waals surface area contributed by atoms with Gasteiger partial charge in [0.2, 0.25) is 5.56 Å². The van der Waals surface area contributed by atoms with Crippen molar-refractivity contribution < 1.29 is 9.53 Å². The van der Waals surface area contributed by atoms with E-state index in [1.807, 2.05) is 12.1 Å². The molecule has 3 aromatic rings. The van der Waals surface area contributed by atoms with E-state index in [0.717, 1.165) is 30.9 Å². The van der Waals surface area contributed by atoms with Crippen LogP contribution >= 0.6 is 0 Å². The zero-order valence-corrected chi connectivity index (χ0v) is 14.4. The van der Waals surface area contributed by atoms with E-state index in [1.165, 1.54) is 12.3 Å². The van der Waals surface area contributed by atoms with Gasteiger partial charge in [-0.15, -0.1) is 0 Å². The SMILES string of the molecule is CCOC(=O)c1cnn2ccc(N3CCCC3c3cccc(=O)[nH]3)nc12. The Balaban J connectivity index is 1.72. The quantitative estimate of drug-likeness (QED) is 0.721. The summed E-state index contributed by atoms with van der Waals surface area (Å²) in [5.41, 5.74) is 1.57. The van der Waals surface area contributed by atoms with Crippen LogP contribution in [0.5, 0.6) is 0 Å². The standard InChI is InChI=1S/C18H19N5O3/c1-2-26-18(25)12-11-19-23-10-8-15(21-17(12)23)22-9-4-6-14(22)13-5-3-7-16(24)20-13/h3,5,7-8,10-11,14H,2,4,6,9H2,1H3,(H,20,24). The molecule has 134 valence electrons. The molecular weight excluding hydrogens is 334 g/mol. The van der Waals surface area contributed by atoms with Gasteiger partial charge in [-0.1, -0.05) is 6.07 Å². The topological polar surface area (TPSA) is 92.6 Å². The number of H-pyrrole nitrogens is 1. The van der Waals surface area contributed by atoms with Crippen molar-refractivity contribution in [2.45, 2.75) is 25.8 Å². The number of ether oxygens (including phenoxy) is 1. The van der Waals surface area contributed by atoms with E-state index in [-0.39, 0.29) is 11.6 Å². The van der Waals surface area contributed by atoms with Crippen LogP contribution in [0.3, 0.4) is 0 Å². The number of nitrogens with one attached hydrogen (secondary N) is 1. The van der Waals surface area contributed by atoms with Gasteiger partial charge in [0.15, 0.2) is 5.65 Å². The van der Waals surface area contributed by atoms with Crippen LogP contribution in [0.4, 0.5) is 5.82 Å². The third-order valence-corrected chi connectivity index (χ3v) is 4.55. The minimum absolute atomic E-state index is 0.0489. The Hall–Kier alpha value is -3.16. The third kappa shape index (κ3) is 2.83. The van der Waals surface area contributed by atoms with Gasteiger partial charge in [0, 0.05) is 24.5 Å². The van der Waals surface area contributed by atoms with Gasteiger partial charge in [-0.2, -0.15) is 5.10 Å². The summed E-state index contributed by atoms with van der Waals surface area (Å²) in [4.78, 5) is 33.5. The summed E-state index contributed by atoms with van der Waals surface area (Å²) >= 11 is 0. The van der Waals surface area contributed by atoms with Crippen molar-refractivity contribution in [3.8, 4) is 0 Å². The predicted molar refractivity (Wildman–Crippen MR) is 95.3 cm³/mol. The number of esters is 1. The summed E-state index contributed by atoms with van der Waals surface area (Å²) in [7, 11) is 0. The highest BCUT2D eigenvalue weighted by Gasteiger charge is 2.28. The second-order valence-corrected chi connectivity index (χ2v) is 6.15. The van der Waals surface area contributed by atoms with Gasteiger partial charge in [-0.3, -0.25) is 4.79 Å². The Labute approximate surface area is 149 Å². The molecule has 0 aliphatic carbocycles. The summed E-state index contributed by atoms with van der Waals surface area (Å²) in [5.74, 6) is 0.313. The predicted octanol–water partition coefficient (Wildman–Crippen LogP) is 1.94. The van der Waals surface area contributed by atoms with E-state index in [2.05, 4.69) is 20.0 Å². The molecule has 4 heterocycles. The molecule has 0 aromatic carbocycles. The van der Waals surface area contributed by atoms with E-state index in [1.54, 1.807) is 23.7 Å². The summed E-state index contributed by atoms with van der Waals surface area (Å²) < 4.78 is 6.64. The molecule has 0 bridgehead atoms. The number of pyridine rings is 1. The molecule has 1 N–H and O–H groups in total. The van der Waals surface area contributed by atoms with Gasteiger partial charge in [0.05, 0.1) is 18.8 Å². The zero-order valence-electron chi connectivity index (χ0n) is 14.4. The van der Waals surface area contributed by atoms with Crippen molar-refractivity contribution >= 4 is 17.4 Å². The molecule has 1 aliphatic heterocycles. The molecule has 0 spiro atoms. The van der Waals surface area contributed by atoms with Crippen LogP contribution in [0.1, 0.15) is 41.9 Å². The highest BCUT2D eigenvalue weighted by molar-refractivity contribution is 5.95. The fourth-order valence-corrected chi connectivity index (χ4v) is 3.40. The molecule has 8 heteroatoms. The summed E-state index contributed by atoms with van der Waals surface area (Å²) in [5, 5.41) is 4.17. The van der Waals surface area contributed by atoms with Crippen molar-refractivity contribution in [1.82, 2.24) is 19.6 Å². The first-order chi connectivity index (χ1) is 12.7. The number of aromatic nitrogens is 4. The Bertz CT molecular complexity index is 1010. The highest BCUT2D eigenvalue weighted by Crippen LogP contribution is 2.34. The van der Waals surface area contributed by atoms with Gasteiger partial charge in [0.1, 0.15) is 11.4 Å². The minimum atomic E-state index is -0.433. The van der Waals surface area contributed by atoms with Crippen LogP contribution in [0.15, 0.2) is 41.5 Å². The van der Waals surface area contributed by atoms with Crippen molar-refractivity contribution in [3.63, 3.8) is 0 Å². The summed E-state index contributed by atoms with van der Waals surface area (Å²) in [6, 6.07) is 7.11. The van der Waals surface area contributed by atoms with Crippen LogP contribution in [0, 0.1) is 0 Å². The Morgan fingerprint density at radius 1 is 1.38 bits per heavy atom. The third-order valence-electron chi connectivity index (χ3n) is 4.55. The number of fused-ring (bicyclic) bond motifs is 1. The molecule has 8 nitrogen and oxygen atoms in total. The average molecular weight is 353 g/mol. The number of anilines is 1. The van der Waals surface area contributed by atoms with E-state index in [0.29, 0.717) is 17.8 Å². The Kier molecular flexibility index (Phi) is 4.16. The van der Waals surface area contributed by atoms with Crippen LogP contribution in [0.2, 0.25) is 0 Å². The maximum Gasteiger partial charge on any atom is 0.343 e. The lowest BCUT2D eigenvalue weighted by Gasteiger charge is -2.25. The minimum Gasteiger partial charge on any atom is -0.462 e. The molecule has 26 heavy (non-hydrogen) atoms. The molecule has 0 radical (unpaired) electrons. The Morgan fingerprint density at radius 2 is 2.27 bits per heavy atom. The maximum absolute atomic E-state index is 12.1. The molecule has 0 saturated carbocycles. The van der Waals surface area contributed by atoms with Crippen molar-refractivity contribution in [3.05, 3.63) is 58.3 Å². The highest BCUT2D eigenvalue weighted by atomic mass is 16.5. The normalized spacial score (nSPS) is 17.0. The maximum atomic E-state index is 12.1. The second kappa shape index (κ2) is 6.62. The van der Waals surface area contributed by atoms with Crippen LogP contribution < -0.4 is 10.5 Å². The molecule has 3 aromatic heterocycles. The summed E-state index contributed by atoms with van der Waals surface area (Å²) in [6.07, 6.45) is 5.18. The molecule has 1 aliphatic rings. The van der Waals surface area contributed by atoms with Gasteiger partial charge in [0.25, 0.3) is 0 Å². The monoisotopic (exact) mass is 353 g/mol. The van der Waals surface area contributed by atoms with E-state index in [9.17, 15) is 9.59 Å². The molecular formula is C18H19N5O3. The molecule has 1 fully saturated rings. The molecule has 4 rings (SSSR count). The van der Waals surface area contributed by atoms with Crippen molar-refractivity contribution in [2.24, 2.45) is 0 Å². The lowest BCUT2D eigenvalue weighted by molar-refractivity contribution is 0.0528. The fourth-order valence-electron chi connectivity index (χ4n) is 3.40. The van der Waals surface area contributed by atoms with Gasteiger partial charge in [-0.05, 0) is 31.9 Å². The number of hydrogen-bond acceptors (Lipinski definition) is 6. The van der Waals surface area contributed by atoms with E-state index >= 15 is 0 Å². The number of aromatic amines is 1. The Morgan fingerprint density at radius 3 is 3.08 bits per heavy atom. The smallest absolute Gasteiger partial charge is 0.343 e. The number of hydrogen-bond donors (Lipinski definition) is 1. The average Bonchev–Trinajstić information content (AvgIpc) is 3.28. The first-order valence-electron chi connectivity index (χ1n) is 8.65. The van der Waals surface area contributed by atoms with Gasteiger partial charge in [-0.25, -0.2) is 14.3 Å². The lowest BCUT2D eigenvalue weighted by Crippen LogP contribution is -2.26. The van der Waals surface area contributed by atoms with Crippen LogP contribution in [-0.2, 0) is 4.74 Å². The molecule has 1 atom stereocenters. The summed E-state index contributed by atoms with van der Waals surface area (Å²) in [6.45, 7) is 2.89. The molecule has 1 unspecified atom stereocenters. The van der Waals surface area contributed by atoms with E-state index in [4.69, 9.17) is 4.74 Å². The fraction of sp³-hybridized carbons (Fsp3) is 0.333. The van der Waals surface area contributed by atoms with Crippen molar-refractivity contribution in [2.75, 3.05) is 18.1 Å². The number of nitrogens with zero attached hydrogens (tertiary/aromatic N) is 4. The van der Waals surface area contributed by atoms with Gasteiger partial charge >= 0.3 is 5.97 Å². The van der Waals surface area contributed by atoms with Gasteiger partial charge < -0.3 is 14.6 Å². The first kappa shape index (κ1) is 16.3. The largest absolute Gasteiger partial charge is 0.462 e. The molecule has 1 saturated heterocycles. The lowest BCUT2D eigenvalue weighted by atomic mass is 10.1. The second-order valence-electron chi connectivity index (χ2n) is 6.15. The van der Waals surface area contributed by atoms with Crippen molar-refractivity contribution in [1.29, 1.82) is 0 Å².